The summed E-state index contributed by atoms with van der Waals surface area (Å²) < 4.78 is 29.8. The van der Waals surface area contributed by atoms with E-state index in [9.17, 15) is 8.42 Å². The molecule has 0 amide bonds. The third-order valence-corrected chi connectivity index (χ3v) is 4.86. The van der Waals surface area contributed by atoms with Gasteiger partial charge in [-0.25, -0.2) is 8.42 Å². The summed E-state index contributed by atoms with van der Waals surface area (Å²) in [6, 6.07) is 10.7. The highest BCUT2D eigenvalue weighted by molar-refractivity contribution is 7.91. The van der Waals surface area contributed by atoms with Crippen LogP contribution in [0.2, 0.25) is 0 Å². The van der Waals surface area contributed by atoms with Crippen molar-refractivity contribution in [3.8, 4) is 5.75 Å². The Balaban J connectivity index is 1.86. The lowest BCUT2D eigenvalue weighted by atomic mass is 10.2. The molecule has 0 unspecified atom stereocenters. The third kappa shape index (κ3) is 4.56. The van der Waals surface area contributed by atoms with Crippen LogP contribution in [0.1, 0.15) is 17.7 Å². The second-order valence-electron chi connectivity index (χ2n) is 4.97. The molecular weight excluding hydrogens is 286 g/mol. The minimum atomic E-state index is -3.24. The van der Waals surface area contributed by atoms with Crippen molar-refractivity contribution in [3.05, 3.63) is 53.9 Å². The monoisotopic (exact) mass is 305 g/mol. The topological polar surface area (TPSA) is 56.3 Å². The molecule has 112 valence electrons. The van der Waals surface area contributed by atoms with E-state index in [1.54, 1.807) is 24.4 Å². The van der Waals surface area contributed by atoms with Gasteiger partial charge >= 0.3 is 0 Å². The maximum Gasteiger partial charge on any atom is 0.178 e. The van der Waals surface area contributed by atoms with Crippen LogP contribution in [0.4, 0.5) is 0 Å². The molecule has 0 spiro atoms. The third-order valence-electron chi connectivity index (χ3n) is 3.06. The summed E-state index contributed by atoms with van der Waals surface area (Å²) in [4.78, 5) is 4.50. The maximum atomic E-state index is 12.2. The van der Waals surface area contributed by atoms with Gasteiger partial charge in [0.25, 0.3) is 0 Å². The lowest BCUT2D eigenvalue weighted by Gasteiger charge is -2.07. The summed E-state index contributed by atoms with van der Waals surface area (Å²) in [5, 5.41) is 0. The highest BCUT2D eigenvalue weighted by atomic mass is 32.2. The van der Waals surface area contributed by atoms with Crippen molar-refractivity contribution in [2.75, 3.05) is 12.4 Å². The summed E-state index contributed by atoms with van der Waals surface area (Å²) >= 11 is 0. The van der Waals surface area contributed by atoms with Crippen molar-refractivity contribution in [1.29, 1.82) is 0 Å². The number of hydrogen-bond donors (Lipinski definition) is 0. The minimum Gasteiger partial charge on any atom is -0.492 e. The van der Waals surface area contributed by atoms with E-state index in [1.807, 2.05) is 32.0 Å². The van der Waals surface area contributed by atoms with E-state index in [4.69, 9.17) is 4.74 Å². The van der Waals surface area contributed by atoms with E-state index < -0.39 is 9.84 Å². The molecule has 0 saturated carbocycles. The summed E-state index contributed by atoms with van der Waals surface area (Å²) in [6.07, 6.45) is 2.09. The number of sulfone groups is 1. The van der Waals surface area contributed by atoms with Crippen molar-refractivity contribution in [1.82, 2.24) is 4.98 Å². The molecule has 0 aliphatic carbocycles. The Morgan fingerprint density at radius 3 is 2.62 bits per heavy atom. The number of nitrogens with zero attached hydrogens (tertiary/aromatic N) is 1. The van der Waals surface area contributed by atoms with Crippen molar-refractivity contribution in [2.24, 2.45) is 0 Å². The molecule has 0 radical (unpaired) electrons. The highest BCUT2D eigenvalue weighted by Gasteiger charge is 2.13. The smallest absolute Gasteiger partial charge is 0.178 e. The molecule has 2 rings (SSSR count). The van der Waals surface area contributed by atoms with Crippen LogP contribution in [0.15, 0.2) is 47.5 Å². The summed E-state index contributed by atoms with van der Waals surface area (Å²) in [5.41, 5.74) is 1.86. The molecule has 2 aromatic rings. The van der Waals surface area contributed by atoms with E-state index in [1.165, 1.54) is 0 Å². The van der Waals surface area contributed by atoms with Gasteiger partial charge < -0.3 is 4.74 Å². The first kappa shape index (κ1) is 15.5. The van der Waals surface area contributed by atoms with Crippen LogP contribution in [-0.2, 0) is 9.84 Å². The molecule has 1 aromatic heterocycles. The van der Waals surface area contributed by atoms with E-state index in [0.717, 1.165) is 11.3 Å². The van der Waals surface area contributed by atoms with Gasteiger partial charge in [-0.05, 0) is 50.1 Å². The average Bonchev–Trinajstić information content (AvgIpc) is 2.45. The first-order valence-electron chi connectivity index (χ1n) is 6.82. The largest absolute Gasteiger partial charge is 0.492 e. The fourth-order valence-corrected chi connectivity index (χ4v) is 3.29. The Kier molecular flexibility index (Phi) is 4.96. The molecule has 0 bridgehead atoms. The van der Waals surface area contributed by atoms with Gasteiger partial charge in [-0.3, -0.25) is 4.98 Å². The number of pyridine rings is 1. The molecule has 1 aromatic carbocycles. The average molecular weight is 305 g/mol. The Hall–Kier alpha value is -1.88. The molecular formula is C16H19NO3S. The van der Waals surface area contributed by atoms with Gasteiger partial charge in [0.05, 0.1) is 23.5 Å². The normalized spacial score (nSPS) is 11.3. The summed E-state index contributed by atoms with van der Waals surface area (Å²) in [5.74, 6) is 0.740. The molecule has 0 atom stereocenters. The minimum absolute atomic E-state index is 0.0791. The van der Waals surface area contributed by atoms with Crippen LogP contribution in [0.5, 0.6) is 5.75 Å². The van der Waals surface area contributed by atoms with Crippen molar-refractivity contribution in [2.45, 2.75) is 25.2 Å². The zero-order valence-corrected chi connectivity index (χ0v) is 13.1. The van der Waals surface area contributed by atoms with Crippen molar-refractivity contribution in [3.63, 3.8) is 0 Å². The Morgan fingerprint density at radius 1 is 1.14 bits per heavy atom. The fraction of sp³-hybridized carbons (Fsp3) is 0.312. The lowest BCUT2D eigenvalue weighted by molar-refractivity contribution is 0.316. The molecule has 0 fully saturated rings. The van der Waals surface area contributed by atoms with Crippen molar-refractivity contribution >= 4 is 9.84 Å². The second kappa shape index (κ2) is 6.72. The van der Waals surface area contributed by atoms with Crippen LogP contribution in [0, 0.1) is 13.8 Å². The zero-order valence-electron chi connectivity index (χ0n) is 12.2. The number of ether oxygens (including phenoxy) is 1. The predicted octanol–water partition coefficient (Wildman–Crippen LogP) is 2.94. The first-order valence-corrected chi connectivity index (χ1v) is 8.47. The van der Waals surface area contributed by atoms with Gasteiger partial charge in [0.2, 0.25) is 0 Å². The molecule has 0 aliphatic rings. The standard InChI is InChI=1S/C16H19NO3S/c1-13-5-3-6-16(11-13)21(18,19)10-4-9-20-15-8-7-14(2)17-12-15/h3,5-8,11-12H,4,9-10H2,1-2H3. The van der Waals surface area contributed by atoms with Gasteiger partial charge in [-0.2, -0.15) is 0 Å². The summed E-state index contributed by atoms with van der Waals surface area (Å²) in [6.45, 7) is 4.14. The lowest BCUT2D eigenvalue weighted by Crippen LogP contribution is -2.10. The maximum absolute atomic E-state index is 12.2. The molecule has 0 N–H and O–H groups in total. The summed E-state index contributed by atoms with van der Waals surface area (Å²) in [7, 11) is -3.24. The van der Waals surface area contributed by atoms with Crippen molar-refractivity contribution < 1.29 is 13.2 Å². The Labute approximate surface area is 125 Å². The number of rotatable bonds is 6. The SMILES string of the molecule is Cc1cccc(S(=O)(=O)CCCOc2ccc(C)nc2)c1. The number of aryl methyl sites for hydroxylation is 2. The highest BCUT2D eigenvalue weighted by Crippen LogP contribution is 2.14. The van der Waals surface area contributed by atoms with Gasteiger partial charge in [-0.1, -0.05) is 12.1 Å². The number of benzene rings is 1. The van der Waals surface area contributed by atoms with Crippen LogP contribution in [-0.4, -0.2) is 25.8 Å². The predicted molar refractivity (Wildman–Crippen MR) is 82.3 cm³/mol. The van der Waals surface area contributed by atoms with E-state index in [2.05, 4.69) is 4.98 Å². The number of aromatic nitrogens is 1. The second-order valence-corrected chi connectivity index (χ2v) is 7.08. The molecule has 0 aliphatic heterocycles. The Bertz CT molecular complexity index is 694. The molecule has 5 heteroatoms. The van der Waals surface area contributed by atoms with E-state index in [0.29, 0.717) is 23.7 Å². The first-order chi connectivity index (χ1) is 9.97. The molecule has 0 saturated heterocycles. The quantitative estimate of drug-likeness (QED) is 0.770. The van der Waals surface area contributed by atoms with Crippen LogP contribution in [0.3, 0.4) is 0 Å². The van der Waals surface area contributed by atoms with Crippen LogP contribution >= 0.6 is 0 Å². The van der Waals surface area contributed by atoms with Gasteiger partial charge in [0.15, 0.2) is 9.84 Å². The van der Waals surface area contributed by atoms with Crippen LogP contribution < -0.4 is 4.74 Å². The number of hydrogen-bond acceptors (Lipinski definition) is 4. The van der Waals surface area contributed by atoms with E-state index in [-0.39, 0.29) is 5.75 Å². The van der Waals surface area contributed by atoms with Gasteiger partial charge in [-0.15, -0.1) is 0 Å². The zero-order chi connectivity index (χ0) is 15.3. The molecule has 4 nitrogen and oxygen atoms in total. The van der Waals surface area contributed by atoms with E-state index >= 15 is 0 Å². The fourth-order valence-electron chi connectivity index (χ4n) is 1.91. The van der Waals surface area contributed by atoms with Gasteiger partial charge in [0, 0.05) is 5.69 Å². The molecule has 1 heterocycles. The molecule has 21 heavy (non-hydrogen) atoms. The Morgan fingerprint density at radius 2 is 1.95 bits per heavy atom. The van der Waals surface area contributed by atoms with Gasteiger partial charge in [0.1, 0.15) is 5.75 Å². The van der Waals surface area contributed by atoms with Crippen LogP contribution in [0.25, 0.3) is 0 Å².